The highest BCUT2D eigenvalue weighted by Gasteiger charge is 2.20. The summed E-state index contributed by atoms with van der Waals surface area (Å²) in [5.41, 5.74) is 0.980. The summed E-state index contributed by atoms with van der Waals surface area (Å²) < 4.78 is 0. The minimum absolute atomic E-state index is 0.181. The molecule has 1 N–H and O–H groups in total. The molecule has 1 amide bonds. The van der Waals surface area contributed by atoms with Gasteiger partial charge in [0, 0.05) is 30.7 Å². The van der Waals surface area contributed by atoms with Crippen LogP contribution in [0.25, 0.3) is 0 Å². The molecule has 1 aliphatic heterocycles. The molecule has 1 aliphatic rings. The second kappa shape index (κ2) is 5.52. The van der Waals surface area contributed by atoms with Gasteiger partial charge in [-0.2, -0.15) is 0 Å². The van der Waals surface area contributed by atoms with E-state index < -0.39 is 0 Å². The molecule has 0 unspecified atom stereocenters. The number of halogens is 1. The third kappa shape index (κ3) is 3.45. The van der Waals surface area contributed by atoms with Gasteiger partial charge in [0.15, 0.2) is 0 Å². The average molecular weight is 253 g/mol. The van der Waals surface area contributed by atoms with Crippen molar-refractivity contribution in [2.75, 3.05) is 19.6 Å². The summed E-state index contributed by atoms with van der Waals surface area (Å²) >= 11 is 5.90. The second-order valence-corrected chi connectivity index (χ2v) is 4.94. The van der Waals surface area contributed by atoms with Gasteiger partial charge in [-0.15, -0.1) is 0 Å². The summed E-state index contributed by atoms with van der Waals surface area (Å²) in [4.78, 5) is 14.0. The van der Waals surface area contributed by atoms with E-state index in [4.69, 9.17) is 11.6 Å². The molecular formula is C13H17ClN2O. The van der Waals surface area contributed by atoms with Crippen molar-refractivity contribution in [1.29, 1.82) is 0 Å². The second-order valence-electron chi connectivity index (χ2n) is 4.50. The van der Waals surface area contributed by atoms with Gasteiger partial charge >= 0.3 is 0 Å². The van der Waals surface area contributed by atoms with Crippen LogP contribution in [0.5, 0.6) is 0 Å². The van der Waals surface area contributed by atoms with Crippen LogP contribution in [0.2, 0.25) is 5.02 Å². The van der Waals surface area contributed by atoms with Gasteiger partial charge in [0.2, 0.25) is 5.91 Å². The Bertz CT molecular complexity index is 408. The van der Waals surface area contributed by atoms with Crippen LogP contribution in [0.3, 0.4) is 0 Å². The van der Waals surface area contributed by atoms with E-state index in [-0.39, 0.29) is 5.91 Å². The van der Waals surface area contributed by atoms with Crippen LogP contribution in [-0.2, 0) is 11.2 Å². The molecule has 0 aromatic heterocycles. The van der Waals surface area contributed by atoms with Crippen molar-refractivity contribution in [2.24, 2.45) is 0 Å². The van der Waals surface area contributed by atoms with Crippen molar-refractivity contribution in [3.63, 3.8) is 0 Å². The van der Waals surface area contributed by atoms with Crippen LogP contribution in [0.4, 0.5) is 0 Å². The molecule has 2 rings (SSSR count). The monoisotopic (exact) mass is 252 g/mol. The Morgan fingerprint density at radius 1 is 1.59 bits per heavy atom. The molecule has 0 aliphatic carbocycles. The zero-order valence-corrected chi connectivity index (χ0v) is 10.7. The van der Waals surface area contributed by atoms with Crippen LogP contribution < -0.4 is 5.32 Å². The van der Waals surface area contributed by atoms with Crippen molar-refractivity contribution < 1.29 is 4.79 Å². The van der Waals surface area contributed by atoms with Crippen LogP contribution >= 0.6 is 11.6 Å². The number of hydrogen-bond donors (Lipinski definition) is 1. The Hall–Kier alpha value is -1.06. The zero-order chi connectivity index (χ0) is 12.3. The third-order valence-electron chi connectivity index (χ3n) is 2.97. The molecule has 1 aromatic carbocycles. The summed E-state index contributed by atoms with van der Waals surface area (Å²) in [7, 11) is 0. The fraction of sp³-hybridized carbons (Fsp3) is 0.462. The minimum Gasteiger partial charge on any atom is -0.340 e. The molecule has 3 nitrogen and oxygen atoms in total. The molecule has 0 spiro atoms. The van der Waals surface area contributed by atoms with Crippen molar-refractivity contribution in [3.8, 4) is 0 Å². The topological polar surface area (TPSA) is 32.3 Å². The molecular weight excluding hydrogens is 236 g/mol. The van der Waals surface area contributed by atoms with Crippen LogP contribution in [0.1, 0.15) is 12.5 Å². The quantitative estimate of drug-likeness (QED) is 0.869. The SMILES string of the molecule is C[C@@H]1CN(C(=O)Cc2cccc(Cl)c2)CCN1. The van der Waals surface area contributed by atoms with Gasteiger partial charge in [0.25, 0.3) is 0 Å². The zero-order valence-electron chi connectivity index (χ0n) is 9.95. The van der Waals surface area contributed by atoms with Gasteiger partial charge in [0.1, 0.15) is 0 Å². The normalized spacial score (nSPS) is 20.4. The Labute approximate surface area is 107 Å². The fourth-order valence-corrected chi connectivity index (χ4v) is 2.31. The smallest absolute Gasteiger partial charge is 0.227 e. The Morgan fingerprint density at radius 2 is 2.41 bits per heavy atom. The lowest BCUT2D eigenvalue weighted by molar-refractivity contribution is -0.131. The highest BCUT2D eigenvalue weighted by molar-refractivity contribution is 6.30. The highest BCUT2D eigenvalue weighted by atomic mass is 35.5. The highest BCUT2D eigenvalue weighted by Crippen LogP contribution is 2.12. The summed E-state index contributed by atoms with van der Waals surface area (Å²) in [6.45, 7) is 4.56. The van der Waals surface area contributed by atoms with E-state index in [0.29, 0.717) is 17.5 Å². The van der Waals surface area contributed by atoms with Gasteiger partial charge in [-0.25, -0.2) is 0 Å². The molecule has 1 heterocycles. The third-order valence-corrected chi connectivity index (χ3v) is 3.20. The van der Waals surface area contributed by atoms with Crippen molar-refractivity contribution in [1.82, 2.24) is 10.2 Å². The Morgan fingerprint density at radius 3 is 3.12 bits per heavy atom. The average Bonchev–Trinajstić information content (AvgIpc) is 2.29. The fourth-order valence-electron chi connectivity index (χ4n) is 2.09. The van der Waals surface area contributed by atoms with Gasteiger partial charge in [-0.05, 0) is 24.6 Å². The molecule has 1 fully saturated rings. The van der Waals surface area contributed by atoms with E-state index in [9.17, 15) is 4.79 Å². The number of carbonyl (C=O) groups is 1. The molecule has 92 valence electrons. The van der Waals surface area contributed by atoms with E-state index >= 15 is 0 Å². The molecule has 4 heteroatoms. The first kappa shape index (κ1) is 12.4. The standard InChI is InChI=1S/C13H17ClN2O/c1-10-9-16(6-5-15-10)13(17)8-11-3-2-4-12(14)7-11/h2-4,7,10,15H,5-6,8-9H2,1H3/t10-/m1/s1. The number of rotatable bonds is 2. The van der Waals surface area contributed by atoms with Crippen molar-refractivity contribution >= 4 is 17.5 Å². The molecule has 0 radical (unpaired) electrons. The largest absolute Gasteiger partial charge is 0.340 e. The number of amides is 1. The van der Waals surface area contributed by atoms with E-state index in [0.717, 1.165) is 25.2 Å². The van der Waals surface area contributed by atoms with E-state index in [1.165, 1.54) is 0 Å². The predicted molar refractivity (Wildman–Crippen MR) is 69.2 cm³/mol. The molecule has 1 saturated heterocycles. The lowest BCUT2D eigenvalue weighted by atomic mass is 10.1. The maximum absolute atomic E-state index is 12.1. The van der Waals surface area contributed by atoms with Crippen LogP contribution in [0, 0.1) is 0 Å². The Balaban J connectivity index is 1.96. The first-order chi connectivity index (χ1) is 8.15. The number of carbonyl (C=O) groups excluding carboxylic acids is 1. The number of hydrogen-bond acceptors (Lipinski definition) is 2. The lowest BCUT2D eigenvalue weighted by Crippen LogP contribution is -2.51. The van der Waals surface area contributed by atoms with E-state index in [1.54, 1.807) is 0 Å². The van der Waals surface area contributed by atoms with Gasteiger partial charge in [-0.3, -0.25) is 4.79 Å². The molecule has 1 atom stereocenters. The first-order valence-corrected chi connectivity index (χ1v) is 6.28. The molecule has 0 bridgehead atoms. The summed E-state index contributed by atoms with van der Waals surface area (Å²) in [5.74, 6) is 0.181. The number of nitrogens with one attached hydrogen (secondary N) is 1. The first-order valence-electron chi connectivity index (χ1n) is 5.91. The summed E-state index contributed by atoms with van der Waals surface area (Å²) in [6, 6.07) is 7.88. The molecule has 0 saturated carbocycles. The van der Waals surface area contributed by atoms with Crippen molar-refractivity contribution in [3.05, 3.63) is 34.9 Å². The minimum atomic E-state index is 0.181. The van der Waals surface area contributed by atoms with Gasteiger partial charge < -0.3 is 10.2 Å². The van der Waals surface area contributed by atoms with Crippen molar-refractivity contribution in [2.45, 2.75) is 19.4 Å². The number of benzene rings is 1. The molecule has 17 heavy (non-hydrogen) atoms. The maximum Gasteiger partial charge on any atom is 0.227 e. The molecule has 1 aromatic rings. The maximum atomic E-state index is 12.1. The predicted octanol–water partition coefficient (Wildman–Crippen LogP) is 1.70. The summed E-state index contributed by atoms with van der Waals surface area (Å²) in [6.07, 6.45) is 0.438. The lowest BCUT2D eigenvalue weighted by Gasteiger charge is -2.32. The van der Waals surface area contributed by atoms with Gasteiger partial charge in [0.05, 0.1) is 6.42 Å². The van der Waals surface area contributed by atoms with Crippen LogP contribution in [-0.4, -0.2) is 36.5 Å². The van der Waals surface area contributed by atoms with Gasteiger partial charge in [-0.1, -0.05) is 23.7 Å². The summed E-state index contributed by atoms with van der Waals surface area (Å²) in [5, 5.41) is 4.01. The Kier molecular flexibility index (Phi) is 4.02. The van der Waals surface area contributed by atoms with Crippen LogP contribution in [0.15, 0.2) is 24.3 Å². The number of piperazine rings is 1. The van der Waals surface area contributed by atoms with E-state index in [2.05, 4.69) is 12.2 Å². The number of nitrogens with zero attached hydrogens (tertiary/aromatic N) is 1. The van der Waals surface area contributed by atoms with E-state index in [1.807, 2.05) is 29.2 Å².